The molecule has 0 unspecified atom stereocenters. The Labute approximate surface area is 194 Å². The summed E-state index contributed by atoms with van der Waals surface area (Å²) in [6.45, 7) is 6.53. The van der Waals surface area contributed by atoms with Crippen LogP contribution in [-0.4, -0.2) is 21.4 Å². The van der Waals surface area contributed by atoms with E-state index in [1.54, 1.807) is 22.9 Å². The monoisotopic (exact) mass is 462 g/mol. The fraction of sp³-hybridized carbons (Fsp3) is 0.240. The molecule has 0 fully saturated rings. The highest BCUT2D eigenvalue weighted by Gasteiger charge is 2.31. The number of benzene rings is 2. The maximum absolute atomic E-state index is 13.8. The Balaban J connectivity index is 1.64. The zero-order valence-electron chi connectivity index (χ0n) is 18.6. The van der Waals surface area contributed by atoms with Crippen LogP contribution in [0.2, 0.25) is 0 Å². The van der Waals surface area contributed by atoms with Crippen molar-refractivity contribution in [1.82, 2.24) is 9.55 Å². The van der Waals surface area contributed by atoms with Crippen molar-refractivity contribution in [3.05, 3.63) is 86.3 Å². The normalized spacial score (nSPS) is 15.2. The molecule has 1 N–H and O–H groups in total. The van der Waals surface area contributed by atoms with Crippen molar-refractivity contribution >= 4 is 33.7 Å². The summed E-state index contributed by atoms with van der Waals surface area (Å²) in [6, 6.07) is 13.7. The van der Waals surface area contributed by atoms with Gasteiger partial charge < -0.3 is 4.74 Å². The van der Waals surface area contributed by atoms with E-state index in [1.807, 2.05) is 45.0 Å². The molecule has 8 heteroatoms. The number of aromatic nitrogens is 2. The van der Waals surface area contributed by atoms with Gasteiger partial charge in [-0.15, -0.1) is 11.3 Å². The Hall–Kier alpha value is -3.36. The van der Waals surface area contributed by atoms with Crippen LogP contribution in [-0.2, 0) is 17.8 Å². The topological polar surface area (TPSA) is 68.5 Å². The van der Waals surface area contributed by atoms with E-state index in [4.69, 9.17) is 9.72 Å². The summed E-state index contributed by atoms with van der Waals surface area (Å²) in [5, 5.41) is 4.90. The third-order valence-electron chi connectivity index (χ3n) is 5.65. The molecule has 6 nitrogen and oxygen atoms in total. The average Bonchev–Trinajstić information content (AvgIpc) is 3.13. The van der Waals surface area contributed by atoms with Crippen LogP contribution in [0.4, 0.5) is 10.3 Å². The molecule has 168 valence electrons. The molecule has 0 saturated heterocycles. The molecule has 0 spiro atoms. The number of anilines is 1. The van der Waals surface area contributed by atoms with Crippen molar-refractivity contribution in [2.24, 2.45) is 5.10 Å². The van der Waals surface area contributed by atoms with Gasteiger partial charge in [-0.3, -0.25) is 4.79 Å². The second-order valence-corrected chi connectivity index (χ2v) is 9.83. The molecule has 4 aromatic rings. The Bertz CT molecular complexity index is 1420. The minimum atomic E-state index is -0.335. The number of hydrazone groups is 1. The number of halogens is 1. The smallest absolute Gasteiger partial charge is 0.268 e. The van der Waals surface area contributed by atoms with Gasteiger partial charge in [-0.25, -0.2) is 19.4 Å². The van der Waals surface area contributed by atoms with Crippen LogP contribution in [0.15, 0.2) is 58.4 Å². The summed E-state index contributed by atoms with van der Waals surface area (Å²) in [4.78, 5) is 20.3. The van der Waals surface area contributed by atoms with E-state index in [0.29, 0.717) is 34.9 Å². The third kappa shape index (κ3) is 4.19. The van der Waals surface area contributed by atoms with Crippen LogP contribution < -0.4 is 11.0 Å². The van der Waals surface area contributed by atoms with Crippen molar-refractivity contribution < 1.29 is 9.13 Å². The van der Waals surface area contributed by atoms with Gasteiger partial charge in [0.1, 0.15) is 10.6 Å². The van der Waals surface area contributed by atoms with Gasteiger partial charge in [0.2, 0.25) is 5.95 Å². The zero-order chi connectivity index (χ0) is 23.2. The van der Waals surface area contributed by atoms with Gasteiger partial charge in [0.25, 0.3) is 5.56 Å². The number of thiophene rings is 1. The molecule has 0 bridgehead atoms. The second kappa shape index (κ2) is 8.20. The van der Waals surface area contributed by atoms with E-state index in [9.17, 15) is 9.18 Å². The summed E-state index contributed by atoms with van der Waals surface area (Å²) >= 11 is 1.48. The minimum absolute atomic E-state index is 0.140. The lowest BCUT2D eigenvalue weighted by Crippen LogP contribution is -2.32. The molecule has 0 saturated carbocycles. The molecule has 3 heterocycles. The van der Waals surface area contributed by atoms with Crippen molar-refractivity contribution in [3.63, 3.8) is 0 Å². The van der Waals surface area contributed by atoms with Crippen LogP contribution in [0.25, 0.3) is 15.9 Å². The number of hydrogen-bond donors (Lipinski definition) is 1. The van der Waals surface area contributed by atoms with Gasteiger partial charge in [0.05, 0.1) is 29.5 Å². The standard InChI is InChI=1S/C25H23FN4O2S/c1-15-4-10-18(11-5-15)30-23(31)21-19-12-25(2,3)32-14-20(19)33-22(21)28-24(30)29-27-13-16-6-8-17(26)9-7-16/h4-11,13H,12,14H2,1-3H3,(H,28,29)/b27-13-. The first-order chi connectivity index (χ1) is 15.8. The Kier molecular flexibility index (Phi) is 5.34. The lowest BCUT2D eigenvalue weighted by Gasteiger charge is -2.29. The molecule has 0 amide bonds. The number of aryl methyl sites for hydroxylation is 1. The molecule has 2 aromatic heterocycles. The summed E-state index contributed by atoms with van der Waals surface area (Å²) in [6.07, 6.45) is 2.22. The number of ether oxygens (including phenoxy) is 1. The molecule has 1 aliphatic rings. The van der Waals surface area contributed by atoms with Crippen LogP contribution >= 0.6 is 11.3 Å². The fourth-order valence-electron chi connectivity index (χ4n) is 3.91. The molecular formula is C25H23FN4O2S. The maximum Gasteiger partial charge on any atom is 0.268 e. The zero-order valence-corrected chi connectivity index (χ0v) is 19.4. The largest absolute Gasteiger partial charge is 0.370 e. The predicted molar refractivity (Wildman–Crippen MR) is 130 cm³/mol. The van der Waals surface area contributed by atoms with Crippen molar-refractivity contribution in [1.29, 1.82) is 0 Å². The highest BCUT2D eigenvalue weighted by molar-refractivity contribution is 7.18. The SMILES string of the molecule is Cc1ccc(-n2c(N/N=C\c3ccc(F)cc3)nc3sc4c(c3c2=O)CC(C)(C)OC4)cc1. The van der Waals surface area contributed by atoms with Crippen LogP contribution in [0, 0.1) is 12.7 Å². The molecule has 0 radical (unpaired) electrons. The van der Waals surface area contributed by atoms with E-state index in [0.717, 1.165) is 21.6 Å². The molecular weight excluding hydrogens is 439 g/mol. The summed E-state index contributed by atoms with van der Waals surface area (Å²) in [7, 11) is 0. The highest BCUT2D eigenvalue weighted by atomic mass is 32.1. The molecule has 5 rings (SSSR count). The van der Waals surface area contributed by atoms with E-state index >= 15 is 0 Å². The first-order valence-corrected chi connectivity index (χ1v) is 11.5. The second-order valence-electron chi connectivity index (χ2n) is 8.74. The number of nitrogens with zero attached hydrogens (tertiary/aromatic N) is 3. The lowest BCUT2D eigenvalue weighted by molar-refractivity contribution is -0.0379. The number of hydrogen-bond acceptors (Lipinski definition) is 6. The number of fused-ring (bicyclic) bond motifs is 3. The van der Waals surface area contributed by atoms with Crippen LogP contribution in [0.1, 0.15) is 35.4 Å². The van der Waals surface area contributed by atoms with Gasteiger partial charge in [-0.1, -0.05) is 29.8 Å². The van der Waals surface area contributed by atoms with Gasteiger partial charge in [0, 0.05) is 11.3 Å². The van der Waals surface area contributed by atoms with Crippen molar-refractivity contribution in [2.75, 3.05) is 5.43 Å². The van der Waals surface area contributed by atoms with Crippen LogP contribution in [0.3, 0.4) is 0 Å². The quantitative estimate of drug-likeness (QED) is 0.335. The van der Waals surface area contributed by atoms with Gasteiger partial charge in [-0.05, 0) is 56.2 Å². The Morgan fingerprint density at radius 1 is 1.18 bits per heavy atom. The molecule has 33 heavy (non-hydrogen) atoms. The molecule has 1 aliphatic heterocycles. The highest BCUT2D eigenvalue weighted by Crippen LogP contribution is 2.37. The first kappa shape index (κ1) is 21.5. The van der Waals surface area contributed by atoms with E-state index in [2.05, 4.69) is 10.5 Å². The van der Waals surface area contributed by atoms with Crippen LogP contribution in [0.5, 0.6) is 0 Å². The van der Waals surface area contributed by atoms with Crippen molar-refractivity contribution in [2.45, 2.75) is 39.4 Å². The first-order valence-electron chi connectivity index (χ1n) is 10.6. The van der Waals surface area contributed by atoms with Gasteiger partial charge in [0.15, 0.2) is 0 Å². The van der Waals surface area contributed by atoms with E-state index in [1.165, 1.54) is 23.5 Å². The van der Waals surface area contributed by atoms with Gasteiger partial charge in [-0.2, -0.15) is 5.10 Å². The predicted octanol–water partition coefficient (Wildman–Crippen LogP) is 5.19. The maximum atomic E-state index is 13.8. The number of rotatable bonds is 4. The number of nitrogens with one attached hydrogen (secondary N) is 1. The van der Waals surface area contributed by atoms with Crippen molar-refractivity contribution in [3.8, 4) is 5.69 Å². The minimum Gasteiger partial charge on any atom is -0.370 e. The van der Waals surface area contributed by atoms with E-state index in [-0.39, 0.29) is 17.0 Å². The third-order valence-corrected chi connectivity index (χ3v) is 6.74. The van der Waals surface area contributed by atoms with Gasteiger partial charge >= 0.3 is 0 Å². The summed E-state index contributed by atoms with van der Waals surface area (Å²) in [5.74, 6) is 0.00254. The Morgan fingerprint density at radius 2 is 1.91 bits per heavy atom. The summed E-state index contributed by atoms with van der Waals surface area (Å²) in [5.41, 5.74) is 5.98. The fourth-order valence-corrected chi connectivity index (χ4v) is 5.01. The lowest BCUT2D eigenvalue weighted by atomic mass is 9.94. The molecule has 2 aromatic carbocycles. The molecule has 0 atom stereocenters. The average molecular weight is 463 g/mol. The Morgan fingerprint density at radius 3 is 2.64 bits per heavy atom. The summed E-state index contributed by atoms with van der Waals surface area (Å²) < 4.78 is 20.7. The van der Waals surface area contributed by atoms with E-state index < -0.39 is 0 Å². The molecule has 0 aliphatic carbocycles.